The molecule has 0 radical (unpaired) electrons. The van der Waals surface area contributed by atoms with E-state index in [0.29, 0.717) is 32.6 Å². The van der Waals surface area contributed by atoms with Gasteiger partial charge in [-0.2, -0.15) is 0 Å². The van der Waals surface area contributed by atoms with Crippen molar-refractivity contribution >= 4 is 11.6 Å². The van der Waals surface area contributed by atoms with Crippen LogP contribution in [0, 0.1) is 0 Å². The van der Waals surface area contributed by atoms with Crippen LogP contribution in [0.1, 0.15) is 24.0 Å². The number of carbonyl (C=O) groups is 1. The summed E-state index contributed by atoms with van der Waals surface area (Å²) < 4.78 is 11.3. The third-order valence-electron chi connectivity index (χ3n) is 3.98. The monoisotopic (exact) mass is 326 g/mol. The molecule has 0 saturated heterocycles. The molecule has 0 aromatic heterocycles. The van der Waals surface area contributed by atoms with Crippen LogP contribution in [-0.2, 0) is 17.8 Å². The van der Waals surface area contributed by atoms with Gasteiger partial charge >= 0.3 is 0 Å². The minimum atomic E-state index is 0.00497. The lowest BCUT2D eigenvalue weighted by Gasteiger charge is -2.10. The van der Waals surface area contributed by atoms with Crippen LogP contribution in [-0.4, -0.2) is 19.1 Å². The summed E-state index contributed by atoms with van der Waals surface area (Å²) in [6.45, 7) is 1.80. The van der Waals surface area contributed by atoms with Crippen molar-refractivity contribution < 1.29 is 14.3 Å². The molecule has 0 saturated carbocycles. The fourth-order valence-electron chi connectivity index (χ4n) is 2.62. The molecule has 0 fully saturated rings. The first kappa shape index (κ1) is 16.2. The molecule has 1 aliphatic rings. The zero-order valence-electron chi connectivity index (χ0n) is 13.6. The first-order valence-electron chi connectivity index (χ1n) is 8.21. The molecule has 0 aliphatic carbocycles. The van der Waals surface area contributed by atoms with E-state index in [-0.39, 0.29) is 5.91 Å². The number of rotatable bonds is 5. The van der Waals surface area contributed by atoms with Gasteiger partial charge in [-0.25, -0.2) is 0 Å². The van der Waals surface area contributed by atoms with Gasteiger partial charge in [0.1, 0.15) is 0 Å². The van der Waals surface area contributed by atoms with Crippen LogP contribution >= 0.6 is 0 Å². The molecule has 24 heavy (non-hydrogen) atoms. The Balaban J connectivity index is 1.51. The second kappa shape index (κ2) is 7.73. The molecule has 0 spiro atoms. The number of benzene rings is 2. The lowest BCUT2D eigenvalue weighted by Crippen LogP contribution is -2.23. The minimum Gasteiger partial charge on any atom is -0.490 e. The van der Waals surface area contributed by atoms with Gasteiger partial charge < -0.3 is 20.5 Å². The van der Waals surface area contributed by atoms with Crippen LogP contribution in [0.3, 0.4) is 0 Å². The predicted molar refractivity (Wildman–Crippen MR) is 93.1 cm³/mol. The highest BCUT2D eigenvalue weighted by Crippen LogP contribution is 2.30. The van der Waals surface area contributed by atoms with Gasteiger partial charge in [-0.1, -0.05) is 24.3 Å². The predicted octanol–water partition coefficient (Wildman–Crippen LogP) is 2.68. The Bertz CT molecular complexity index is 716. The molecule has 1 amide bonds. The van der Waals surface area contributed by atoms with E-state index in [9.17, 15) is 4.79 Å². The van der Waals surface area contributed by atoms with E-state index >= 15 is 0 Å². The third kappa shape index (κ3) is 4.19. The molecule has 1 aliphatic heterocycles. The fraction of sp³-hybridized carbons (Fsp3) is 0.316. The lowest BCUT2D eigenvalue weighted by molar-refractivity contribution is -0.121. The summed E-state index contributed by atoms with van der Waals surface area (Å²) in [5.74, 6) is 1.52. The molecule has 2 aromatic rings. The van der Waals surface area contributed by atoms with Crippen molar-refractivity contribution in [2.75, 3.05) is 18.9 Å². The Hall–Kier alpha value is -2.69. The van der Waals surface area contributed by atoms with Crippen molar-refractivity contribution in [1.29, 1.82) is 0 Å². The summed E-state index contributed by atoms with van der Waals surface area (Å²) in [4.78, 5) is 12.0. The highest BCUT2D eigenvalue weighted by atomic mass is 16.5. The number of ether oxygens (including phenoxy) is 2. The van der Waals surface area contributed by atoms with Gasteiger partial charge in [-0.3, -0.25) is 4.79 Å². The standard InChI is InChI=1S/C19H22N2O3/c20-16-5-2-1-4-15(16)7-9-19(22)21-13-14-6-8-17-18(12-14)24-11-3-10-23-17/h1-2,4-6,8,12H,3,7,9-11,13,20H2,(H,21,22). The Morgan fingerprint density at radius 3 is 2.71 bits per heavy atom. The average molecular weight is 326 g/mol. The summed E-state index contributed by atoms with van der Waals surface area (Å²) in [6.07, 6.45) is 1.93. The van der Waals surface area contributed by atoms with Crippen molar-refractivity contribution in [3.05, 3.63) is 53.6 Å². The molecule has 3 rings (SSSR count). The summed E-state index contributed by atoms with van der Waals surface area (Å²) >= 11 is 0. The van der Waals surface area contributed by atoms with Gasteiger partial charge in [0.15, 0.2) is 11.5 Å². The number of amides is 1. The van der Waals surface area contributed by atoms with Crippen LogP contribution in [0.5, 0.6) is 11.5 Å². The van der Waals surface area contributed by atoms with Gasteiger partial charge in [0.05, 0.1) is 13.2 Å². The molecular weight excluding hydrogens is 304 g/mol. The molecule has 3 N–H and O–H groups in total. The highest BCUT2D eigenvalue weighted by Gasteiger charge is 2.11. The van der Waals surface area contributed by atoms with E-state index in [1.165, 1.54) is 0 Å². The smallest absolute Gasteiger partial charge is 0.220 e. The lowest BCUT2D eigenvalue weighted by atomic mass is 10.1. The quantitative estimate of drug-likeness (QED) is 0.829. The second-order valence-electron chi connectivity index (χ2n) is 5.81. The van der Waals surface area contributed by atoms with E-state index in [0.717, 1.165) is 34.7 Å². The van der Waals surface area contributed by atoms with E-state index in [4.69, 9.17) is 15.2 Å². The number of hydrogen-bond donors (Lipinski definition) is 2. The molecule has 5 heteroatoms. The van der Waals surface area contributed by atoms with Gasteiger partial charge in [0, 0.05) is 25.1 Å². The first-order chi connectivity index (χ1) is 11.7. The van der Waals surface area contributed by atoms with E-state index in [2.05, 4.69) is 5.32 Å². The van der Waals surface area contributed by atoms with Crippen molar-refractivity contribution in [1.82, 2.24) is 5.32 Å². The number of nitrogen functional groups attached to an aromatic ring is 1. The summed E-state index contributed by atoms with van der Waals surface area (Å²) in [5.41, 5.74) is 8.62. The maximum atomic E-state index is 12.0. The molecule has 0 atom stereocenters. The normalized spacial score (nSPS) is 13.2. The molecule has 2 aromatic carbocycles. The van der Waals surface area contributed by atoms with Gasteiger partial charge in [0.25, 0.3) is 0 Å². The number of fused-ring (bicyclic) bond motifs is 1. The van der Waals surface area contributed by atoms with Crippen LogP contribution in [0.25, 0.3) is 0 Å². The number of anilines is 1. The van der Waals surface area contributed by atoms with E-state index in [1.807, 2.05) is 42.5 Å². The van der Waals surface area contributed by atoms with Crippen LogP contribution in [0.4, 0.5) is 5.69 Å². The number of nitrogens with one attached hydrogen (secondary N) is 1. The molecule has 126 valence electrons. The van der Waals surface area contributed by atoms with Crippen molar-refractivity contribution in [2.45, 2.75) is 25.8 Å². The summed E-state index contributed by atoms with van der Waals surface area (Å²) in [6, 6.07) is 13.4. The van der Waals surface area contributed by atoms with Crippen molar-refractivity contribution in [3.8, 4) is 11.5 Å². The van der Waals surface area contributed by atoms with Gasteiger partial charge in [-0.05, 0) is 35.7 Å². The van der Waals surface area contributed by atoms with E-state index in [1.54, 1.807) is 0 Å². The van der Waals surface area contributed by atoms with Crippen LogP contribution in [0.2, 0.25) is 0 Å². The SMILES string of the molecule is Nc1ccccc1CCC(=O)NCc1ccc2c(c1)OCCCO2. The molecule has 0 bridgehead atoms. The number of hydrogen-bond acceptors (Lipinski definition) is 4. The van der Waals surface area contributed by atoms with Crippen molar-refractivity contribution in [2.24, 2.45) is 0 Å². The first-order valence-corrected chi connectivity index (χ1v) is 8.21. The summed E-state index contributed by atoms with van der Waals surface area (Å²) in [7, 11) is 0. The van der Waals surface area contributed by atoms with Gasteiger partial charge in [-0.15, -0.1) is 0 Å². The summed E-state index contributed by atoms with van der Waals surface area (Å²) in [5, 5.41) is 2.93. The fourth-order valence-corrected chi connectivity index (χ4v) is 2.62. The van der Waals surface area contributed by atoms with Crippen LogP contribution < -0.4 is 20.5 Å². The highest BCUT2D eigenvalue weighted by molar-refractivity contribution is 5.76. The largest absolute Gasteiger partial charge is 0.490 e. The Morgan fingerprint density at radius 1 is 1.08 bits per heavy atom. The Kier molecular flexibility index (Phi) is 5.21. The third-order valence-corrected chi connectivity index (χ3v) is 3.98. The minimum absolute atomic E-state index is 0.00497. The maximum Gasteiger partial charge on any atom is 0.220 e. The number of carbonyl (C=O) groups excluding carboxylic acids is 1. The maximum absolute atomic E-state index is 12.0. The van der Waals surface area contributed by atoms with Gasteiger partial charge in [0.2, 0.25) is 5.91 Å². The zero-order valence-corrected chi connectivity index (χ0v) is 13.6. The van der Waals surface area contributed by atoms with Crippen molar-refractivity contribution in [3.63, 3.8) is 0 Å². The second-order valence-corrected chi connectivity index (χ2v) is 5.81. The Morgan fingerprint density at radius 2 is 1.88 bits per heavy atom. The van der Waals surface area contributed by atoms with E-state index < -0.39 is 0 Å². The topological polar surface area (TPSA) is 73.6 Å². The molecule has 0 unspecified atom stereocenters. The Labute approximate surface area is 141 Å². The van der Waals surface area contributed by atoms with Crippen LogP contribution in [0.15, 0.2) is 42.5 Å². The zero-order chi connectivity index (χ0) is 16.8. The number of nitrogens with two attached hydrogens (primary N) is 1. The average Bonchev–Trinajstić information content (AvgIpc) is 2.84. The molecule has 1 heterocycles. The molecule has 5 nitrogen and oxygen atoms in total. The number of para-hydroxylation sites is 1. The number of aryl methyl sites for hydroxylation is 1. The molecular formula is C19H22N2O3.